The molecule has 3 heterocycles. The van der Waals surface area contributed by atoms with Crippen molar-refractivity contribution < 1.29 is 0 Å². The van der Waals surface area contributed by atoms with Gasteiger partial charge in [-0.3, -0.25) is 4.90 Å². The van der Waals surface area contributed by atoms with Crippen LogP contribution in [0.1, 0.15) is 28.4 Å². The lowest BCUT2D eigenvalue weighted by Crippen LogP contribution is -2.34. The number of rotatable bonds is 2. The maximum absolute atomic E-state index is 2.52. The van der Waals surface area contributed by atoms with Crippen LogP contribution < -0.4 is 0 Å². The van der Waals surface area contributed by atoms with Crippen molar-refractivity contribution >= 4 is 21.8 Å². The van der Waals surface area contributed by atoms with Gasteiger partial charge in [-0.15, -0.1) is 0 Å². The van der Waals surface area contributed by atoms with Crippen molar-refractivity contribution in [2.45, 2.75) is 19.4 Å². The predicted octanol–water partition coefficient (Wildman–Crippen LogP) is 6.22. The molecule has 0 aliphatic carbocycles. The maximum Gasteiger partial charge on any atom is 0.0762 e. The lowest BCUT2D eigenvalue weighted by molar-refractivity contribution is 0.257. The van der Waals surface area contributed by atoms with Crippen LogP contribution in [0.5, 0.6) is 0 Å². The number of hydrogen-bond acceptors (Lipinski definition) is 1. The predicted molar refractivity (Wildman–Crippen MR) is 134 cm³/mol. The molecule has 3 nitrogen and oxygen atoms in total. The number of hydrogen-bond donors (Lipinski definition) is 0. The van der Waals surface area contributed by atoms with Crippen molar-refractivity contribution in [1.29, 1.82) is 0 Å². The molecule has 1 unspecified atom stereocenters. The van der Waals surface area contributed by atoms with E-state index in [2.05, 4.69) is 115 Å². The van der Waals surface area contributed by atoms with Crippen LogP contribution in [0.4, 0.5) is 0 Å². The molecule has 1 atom stereocenters. The molecule has 0 saturated heterocycles. The highest BCUT2D eigenvalue weighted by Gasteiger charge is 2.32. The minimum absolute atomic E-state index is 0.235. The van der Waals surface area contributed by atoms with E-state index in [1.54, 1.807) is 0 Å². The fraction of sp³-hybridized carbons (Fsp3) is 0.241. The highest BCUT2D eigenvalue weighted by atomic mass is 15.2. The van der Waals surface area contributed by atoms with E-state index in [-0.39, 0.29) is 6.04 Å². The smallest absolute Gasteiger partial charge is 0.0762 e. The van der Waals surface area contributed by atoms with Gasteiger partial charge in [-0.2, -0.15) is 0 Å². The molecule has 0 amide bonds. The highest BCUT2D eigenvalue weighted by Crippen LogP contribution is 2.42. The Kier molecular flexibility index (Phi) is 4.31. The molecule has 160 valence electrons. The second-order valence-corrected chi connectivity index (χ2v) is 9.36. The molecule has 0 radical (unpaired) electrons. The van der Waals surface area contributed by atoms with Gasteiger partial charge in [-0.25, -0.2) is 0 Å². The summed E-state index contributed by atoms with van der Waals surface area (Å²) in [6.07, 6.45) is 3.24. The van der Waals surface area contributed by atoms with E-state index >= 15 is 0 Å². The van der Waals surface area contributed by atoms with Crippen LogP contribution in [0, 0.1) is 6.92 Å². The van der Waals surface area contributed by atoms with Crippen molar-refractivity contribution in [2.75, 3.05) is 13.6 Å². The normalized spacial score (nSPS) is 16.7. The molecule has 2 aromatic heterocycles. The quantitative estimate of drug-likeness (QED) is 0.331. The molecule has 0 bridgehead atoms. The van der Waals surface area contributed by atoms with Gasteiger partial charge in [-0.1, -0.05) is 42.0 Å². The number of benzene rings is 3. The summed E-state index contributed by atoms with van der Waals surface area (Å²) >= 11 is 0. The lowest BCUT2D eigenvalue weighted by Gasteiger charge is -2.35. The number of aryl methyl sites for hydroxylation is 3. The highest BCUT2D eigenvalue weighted by molar-refractivity contribution is 5.88. The summed E-state index contributed by atoms with van der Waals surface area (Å²) < 4.78 is 4.62. The molecule has 3 aromatic carbocycles. The first-order chi connectivity index (χ1) is 15.5. The number of likely N-dealkylation sites (N-methyl/N-ethyl adjacent to an activating group) is 1. The van der Waals surface area contributed by atoms with Crippen molar-refractivity contribution in [3.8, 4) is 11.1 Å². The van der Waals surface area contributed by atoms with E-state index < -0.39 is 0 Å². The third-order valence-electron chi connectivity index (χ3n) is 7.37. The summed E-state index contributed by atoms with van der Waals surface area (Å²) in [6, 6.07) is 25.2. The van der Waals surface area contributed by atoms with Gasteiger partial charge in [0, 0.05) is 54.3 Å². The molecule has 32 heavy (non-hydrogen) atoms. The van der Waals surface area contributed by atoms with Crippen LogP contribution in [0.15, 0.2) is 72.9 Å². The van der Waals surface area contributed by atoms with Gasteiger partial charge in [0.1, 0.15) is 0 Å². The van der Waals surface area contributed by atoms with Crippen LogP contribution in [0.25, 0.3) is 32.9 Å². The molecule has 5 aromatic rings. The third kappa shape index (κ3) is 2.78. The van der Waals surface area contributed by atoms with Gasteiger partial charge in [0.2, 0.25) is 0 Å². The Balaban J connectivity index is 1.58. The molecule has 1 aliphatic heterocycles. The zero-order chi connectivity index (χ0) is 22.0. The Morgan fingerprint density at radius 2 is 1.66 bits per heavy atom. The molecule has 0 saturated carbocycles. The van der Waals surface area contributed by atoms with Crippen molar-refractivity contribution in [2.24, 2.45) is 14.1 Å². The summed E-state index contributed by atoms with van der Waals surface area (Å²) in [5.41, 5.74) is 10.9. The topological polar surface area (TPSA) is 13.1 Å². The minimum Gasteiger partial charge on any atom is -0.351 e. The first kappa shape index (κ1) is 19.4. The average molecular weight is 420 g/mol. The van der Waals surface area contributed by atoms with Crippen molar-refractivity contribution in [3.63, 3.8) is 0 Å². The van der Waals surface area contributed by atoms with Crippen molar-refractivity contribution in [1.82, 2.24) is 14.0 Å². The van der Waals surface area contributed by atoms with Crippen LogP contribution in [0.2, 0.25) is 0 Å². The standard InChI is InChI=1S/C29H29N3/c1-19-9-11-27-25(17-19)24-14-16-31(3)28(29(24)32(27)4)23-8-6-5-7-22(23)20-10-12-26-21(18-20)13-15-30(26)2/h5-13,15,17-18,28H,14,16H2,1-4H3. The van der Waals surface area contributed by atoms with Crippen molar-refractivity contribution in [3.05, 3.63) is 95.3 Å². The fourth-order valence-electron chi connectivity index (χ4n) is 5.72. The van der Waals surface area contributed by atoms with Gasteiger partial charge in [0.15, 0.2) is 0 Å². The second kappa shape index (κ2) is 7.11. The molecule has 3 heteroatoms. The van der Waals surface area contributed by atoms with E-state index in [0.717, 1.165) is 13.0 Å². The van der Waals surface area contributed by atoms with Crippen LogP contribution in [-0.2, 0) is 20.5 Å². The largest absolute Gasteiger partial charge is 0.351 e. The third-order valence-corrected chi connectivity index (χ3v) is 7.37. The monoisotopic (exact) mass is 419 g/mol. The molecular weight excluding hydrogens is 390 g/mol. The number of nitrogens with zero attached hydrogens (tertiary/aromatic N) is 3. The van der Waals surface area contributed by atoms with Gasteiger partial charge >= 0.3 is 0 Å². The van der Waals surface area contributed by atoms with Gasteiger partial charge in [0.25, 0.3) is 0 Å². The SMILES string of the molecule is Cc1ccc2c(c1)c1c(n2C)C(c2ccccc2-c2ccc3c(ccn3C)c2)N(C)CC1. The van der Waals surface area contributed by atoms with E-state index in [4.69, 9.17) is 0 Å². The molecule has 0 N–H and O–H groups in total. The van der Waals surface area contributed by atoms with Gasteiger partial charge in [0.05, 0.1) is 6.04 Å². The zero-order valence-corrected chi connectivity index (χ0v) is 19.3. The Labute approximate surface area is 189 Å². The first-order valence-electron chi connectivity index (χ1n) is 11.5. The molecule has 1 aliphatic rings. The van der Waals surface area contributed by atoms with Crippen LogP contribution >= 0.6 is 0 Å². The molecular formula is C29H29N3. The summed E-state index contributed by atoms with van der Waals surface area (Å²) in [7, 11) is 6.62. The fourth-order valence-corrected chi connectivity index (χ4v) is 5.72. The van der Waals surface area contributed by atoms with Crippen LogP contribution in [0.3, 0.4) is 0 Å². The minimum atomic E-state index is 0.235. The Morgan fingerprint density at radius 1 is 0.844 bits per heavy atom. The Hall–Kier alpha value is -3.30. The summed E-state index contributed by atoms with van der Waals surface area (Å²) in [4.78, 5) is 2.52. The molecule has 6 rings (SSSR count). The lowest BCUT2D eigenvalue weighted by atomic mass is 9.87. The number of fused-ring (bicyclic) bond motifs is 4. The molecule has 0 fully saturated rings. The van der Waals surface area contributed by atoms with Gasteiger partial charge < -0.3 is 9.13 Å². The molecule has 0 spiro atoms. The van der Waals surface area contributed by atoms with E-state index in [0.29, 0.717) is 0 Å². The van der Waals surface area contributed by atoms with Crippen LogP contribution in [-0.4, -0.2) is 27.6 Å². The Bertz CT molecular complexity index is 1480. The summed E-state index contributed by atoms with van der Waals surface area (Å²) in [5.74, 6) is 0. The number of aromatic nitrogens is 2. The second-order valence-electron chi connectivity index (χ2n) is 9.36. The summed E-state index contributed by atoms with van der Waals surface area (Å²) in [6.45, 7) is 3.26. The maximum atomic E-state index is 2.52. The van der Waals surface area contributed by atoms with E-state index in [1.807, 2.05) is 0 Å². The zero-order valence-electron chi connectivity index (χ0n) is 19.3. The summed E-state index contributed by atoms with van der Waals surface area (Å²) in [5, 5.41) is 2.71. The first-order valence-corrected chi connectivity index (χ1v) is 11.5. The van der Waals surface area contributed by atoms with Gasteiger partial charge in [-0.05, 0) is 73.0 Å². The van der Waals surface area contributed by atoms with E-state index in [1.165, 1.54) is 55.3 Å². The van der Waals surface area contributed by atoms with E-state index in [9.17, 15) is 0 Å². The Morgan fingerprint density at radius 3 is 2.53 bits per heavy atom. The average Bonchev–Trinajstić information content (AvgIpc) is 3.31.